The number of thioether (sulfide) groups is 1. The van der Waals surface area contributed by atoms with Crippen molar-refractivity contribution >= 4 is 35.1 Å². The van der Waals surface area contributed by atoms with Gasteiger partial charge >= 0.3 is 0 Å². The summed E-state index contributed by atoms with van der Waals surface area (Å²) in [6.45, 7) is 4.76. The van der Waals surface area contributed by atoms with Gasteiger partial charge in [0, 0.05) is 12.6 Å². The van der Waals surface area contributed by atoms with Gasteiger partial charge in [0.2, 0.25) is 11.8 Å². The fourth-order valence-corrected chi connectivity index (χ4v) is 3.43. The molecule has 0 saturated heterocycles. The van der Waals surface area contributed by atoms with Gasteiger partial charge in [0.1, 0.15) is 11.6 Å². The summed E-state index contributed by atoms with van der Waals surface area (Å²) in [7, 11) is 0. The Morgan fingerprint density at radius 3 is 2.96 bits per heavy atom. The molecule has 144 valence electrons. The number of aryl methyl sites for hydroxylation is 1. The number of carbonyl (C=O) groups excluding carboxylic acids is 2. The third-order valence-electron chi connectivity index (χ3n) is 4.19. The number of nitrogens with zero attached hydrogens (tertiary/aromatic N) is 1. The van der Waals surface area contributed by atoms with Crippen LogP contribution in [0.3, 0.4) is 0 Å². The molecule has 3 N–H and O–H groups in total. The van der Waals surface area contributed by atoms with Crippen LogP contribution in [-0.4, -0.2) is 34.5 Å². The number of rotatable bonds is 6. The van der Waals surface area contributed by atoms with Crippen molar-refractivity contribution in [3.05, 3.63) is 40.9 Å². The Kier molecular flexibility index (Phi) is 6.12. The third-order valence-corrected chi connectivity index (χ3v) is 5.34. The Morgan fingerprint density at radius 2 is 2.22 bits per heavy atom. The first-order valence-electron chi connectivity index (χ1n) is 8.60. The van der Waals surface area contributed by atoms with E-state index < -0.39 is 5.25 Å². The number of amides is 2. The topological polar surface area (TPSA) is 96.3 Å². The van der Waals surface area contributed by atoms with Crippen molar-refractivity contribution in [2.45, 2.75) is 32.1 Å². The average Bonchev–Trinajstić information content (AvgIpc) is 3.07. The molecular formula is C18H21FN4O3S. The summed E-state index contributed by atoms with van der Waals surface area (Å²) in [5.41, 5.74) is 1.74. The molecule has 2 aromatic rings. The van der Waals surface area contributed by atoms with Gasteiger partial charge in [0.15, 0.2) is 5.82 Å². The van der Waals surface area contributed by atoms with Crippen LogP contribution < -0.4 is 16.0 Å². The largest absolute Gasteiger partial charge is 0.360 e. The first kappa shape index (κ1) is 19.4. The lowest BCUT2D eigenvalue weighted by atomic mass is 9.99. The molecule has 0 aliphatic carbocycles. The lowest BCUT2D eigenvalue weighted by Crippen LogP contribution is -2.26. The highest BCUT2D eigenvalue weighted by atomic mass is 32.2. The smallest absolute Gasteiger partial charge is 0.238 e. The molecule has 27 heavy (non-hydrogen) atoms. The van der Waals surface area contributed by atoms with Crippen molar-refractivity contribution in [3.63, 3.8) is 0 Å². The van der Waals surface area contributed by atoms with Gasteiger partial charge in [-0.15, -0.1) is 11.8 Å². The Bertz CT molecular complexity index is 855. The van der Waals surface area contributed by atoms with Crippen molar-refractivity contribution < 1.29 is 18.5 Å². The molecule has 2 amide bonds. The van der Waals surface area contributed by atoms with Gasteiger partial charge in [0.25, 0.3) is 0 Å². The molecule has 1 aliphatic rings. The van der Waals surface area contributed by atoms with Gasteiger partial charge in [-0.1, -0.05) is 11.2 Å². The maximum absolute atomic E-state index is 14.6. The number of nitrogens with one attached hydrogen (secondary N) is 3. The molecule has 9 heteroatoms. The van der Waals surface area contributed by atoms with Gasteiger partial charge in [-0.25, -0.2) is 4.39 Å². The summed E-state index contributed by atoms with van der Waals surface area (Å²) < 4.78 is 19.4. The van der Waals surface area contributed by atoms with Crippen LogP contribution in [0, 0.1) is 12.7 Å². The maximum Gasteiger partial charge on any atom is 0.238 e. The van der Waals surface area contributed by atoms with Crippen molar-refractivity contribution in [2.24, 2.45) is 0 Å². The van der Waals surface area contributed by atoms with Crippen molar-refractivity contribution in [1.82, 2.24) is 10.5 Å². The second kappa shape index (κ2) is 8.53. The van der Waals surface area contributed by atoms with Gasteiger partial charge in [-0.2, -0.15) is 0 Å². The van der Waals surface area contributed by atoms with Crippen LogP contribution in [0.4, 0.5) is 15.9 Å². The van der Waals surface area contributed by atoms with Crippen molar-refractivity contribution in [2.75, 3.05) is 22.9 Å². The van der Waals surface area contributed by atoms with E-state index in [2.05, 4.69) is 21.1 Å². The standard InChI is InChI=1S/C18H21FN4O3S/c1-10-7-15(23-26-10)22-18(25)11(2)27-9-16(24)21-14-4-3-12-8-20-6-5-13(12)17(14)19/h3-4,7,11,20H,5-6,8-9H2,1-2H3,(H,21,24)(H,22,23,25). The molecule has 1 unspecified atom stereocenters. The monoisotopic (exact) mass is 392 g/mol. The van der Waals surface area contributed by atoms with E-state index in [1.54, 1.807) is 26.0 Å². The number of halogens is 1. The van der Waals surface area contributed by atoms with Crippen LogP contribution >= 0.6 is 11.8 Å². The van der Waals surface area contributed by atoms with Crippen molar-refractivity contribution in [1.29, 1.82) is 0 Å². The van der Waals surface area contributed by atoms with Crippen LogP contribution in [0.2, 0.25) is 0 Å². The van der Waals surface area contributed by atoms with E-state index in [0.717, 1.165) is 23.9 Å². The molecule has 0 saturated carbocycles. The number of hydrogen-bond acceptors (Lipinski definition) is 6. The molecule has 0 fully saturated rings. The zero-order chi connectivity index (χ0) is 19.4. The van der Waals surface area contributed by atoms with Gasteiger partial charge in [-0.3, -0.25) is 9.59 Å². The Balaban J connectivity index is 1.51. The summed E-state index contributed by atoms with van der Waals surface area (Å²) in [6, 6.07) is 5.01. The molecule has 1 aromatic carbocycles. The van der Waals surface area contributed by atoms with E-state index in [1.165, 1.54) is 0 Å². The minimum atomic E-state index is -0.479. The molecule has 3 rings (SSSR count). The summed E-state index contributed by atoms with van der Waals surface area (Å²) in [4.78, 5) is 24.2. The van der Waals surface area contributed by atoms with Gasteiger partial charge < -0.3 is 20.5 Å². The first-order chi connectivity index (χ1) is 12.9. The minimum absolute atomic E-state index is 0.0323. The number of benzene rings is 1. The first-order valence-corrected chi connectivity index (χ1v) is 9.65. The van der Waals surface area contributed by atoms with E-state index >= 15 is 0 Å². The highest BCUT2D eigenvalue weighted by Crippen LogP contribution is 2.25. The van der Waals surface area contributed by atoms with Crippen LogP contribution in [0.25, 0.3) is 0 Å². The molecule has 1 aromatic heterocycles. The molecule has 0 spiro atoms. The van der Waals surface area contributed by atoms with Crippen LogP contribution in [-0.2, 0) is 22.6 Å². The lowest BCUT2D eigenvalue weighted by molar-refractivity contribution is -0.115. The van der Waals surface area contributed by atoms with E-state index in [9.17, 15) is 14.0 Å². The highest BCUT2D eigenvalue weighted by Gasteiger charge is 2.19. The summed E-state index contributed by atoms with van der Waals surface area (Å²) in [5.74, 6) is -0.0597. The summed E-state index contributed by atoms with van der Waals surface area (Å²) in [6.07, 6.45) is 0.596. The quantitative estimate of drug-likeness (QED) is 0.699. The van der Waals surface area contributed by atoms with E-state index in [4.69, 9.17) is 4.52 Å². The second-order valence-corrected chi connectivity index (χ2v) is 7.63. The van der Waals surface area contributed by atoms with Gasteiger partial charge in [-0.05, 0) is 44.0 Å². The fourth-order valence-electron chi connectivity index (χ4n) is 2.75. The highest BCUT2D eigenvalue weighted by molar-refractivity contribution is 8.01. The number of fused-ring (bicyclic) bond motifs is 1. The van der Waals surface area contributed by atoms with E-state index in [1.807, 2.05) is 6.07 Å². The molecule has 0 radical (unpaired) electrons. The molecule has 1 atom stereocenters. The number of anilines is 2. The third kappa shape index (κ3) is 4.86. The fraction of sp³-hybridized carbons (Fsp3) is 0.389. The Labute approximate surface area is 160 Å². The zero-order valence-corrected chi connectivity index (χ0v) is 15.9. The average molecular weight is 392 g/mol. The predicted molar refractivity (Wildman–Crippen MR) is 102 cm³/mol. The minimum Gasteiger partial charge on any atom is -0.360 e. The Hall–Kier alpha value is -2.39. The second-order valence-electron chi connectivity index (χ2n) is 6.31. The molecule has 7 nitrogen and oxygen atoms in total. The number of hydrogen-bond donors (Lipinski definition) is 3. The van der Waals surface area contributed by atoms with E-state index in [-0.39, 0.29) is 29.1 Å². The number of aromatic nitrogens is 1. The molecule has 0 bridgehead atoms. The van der Waals surface area contributed by atoms with Crippen molar-refractivity contribution in [3.8, 4) is 0 Å². The molecule has 2 heterocycles. The van der Waals surface area contributed by atoms with Crippen LogP contribution in [0.15, 0.2) is 22.7 Å². The predicted octanol–water partition coefficient (Wildman–Crippen LogP) is 2.47. The summed E-state index contributed by atoms with van der Waals surface area (Å²) in [5, 5.41) is 11.6. The zero-order valence-electron chi connectivity index (χ0n) is 15.1. The van der Waals surface area contributed by atoms with Crippen LogP contribution in [0.1, 0.15) is 23.8 Å². The SMILES string of the molecule is Cc1cc(NC(=O)C(C)SCC(=O)Nc2ccc3c(c2F)CCNC3)no1. The van der Waals surface area contributed by atoms with Crippen LogP contribution in [0.5, 0.6) is 0 Å². The maximum atomic E-state index is 14.6. The normalized spacial score (nSPS) is 14.3. The molecule has 1 aliphatic heterocycles. The Morgan fingerprint density at radius 1 is 1.41 bits per heavy atom. The lowest BCUT2D eigenvalue weighted by Gasteiger charge is -2.19. The summed E-state index contributed by atoms with van der Waals surface area (Å²) >= 11 is 1.16. The van der Waals surface area contributed by atoms with Gasteiger partial charge in [0.05, 0.1) is 16.7 Å². The number of carbonyl (C=O) groups is 2. The molecular weight excluding hydrogens is 371 g/mol. The van der Waals surface area contributed by atoms with E-state index in [0.29, 0.717) is 30.1 Å².